The molecule has 1 atom stereocenters. The minimum Gasteiger partial charge on any atom is -0.374 e. The molecule has 1 saturated heterocycles. The number of carbonyl (C=O) groups excluding carboxylic acids is 1. The molecule has 0 saturated carbocycles. The Morgan fingerprint density at radius 2 is 2.31 bits per heavy atom. The second-order valence-corrected chi connectivity index (χ2v) is 6.12. The molecule has 2 aromatic heterocycles. The van der Waals surface area contributed by atoms with E-state index >= 15 is 0 Å². The summed E-state index contributed by atoms with van der Waals surface area (Å²) in [5.74, 6) is 0.119. The first-order valence-corrected chi connectivity index (χ1v) is 8.42. The van der Waals surface area contributed by atoms with Crippen molar-refractivity contribution in [3.63, 3.8) is 0 Å². The molecule has 1 aliphatic heterocycles. The molecule has 3 rings (SSSR count). The van der Waals surface area contributed by atoms with Gasteiger partial charge in [-0.25, -0.2) is 9.67 Å². The molecule has 26 heavy (non-hydrogen) atoms. The predicted octanol–water partition coefficient (Wildman–Crippen LogP) is -0.0184. The molecule has 0 radical (unpaired) electrons. The summed E-state index contributed by atoms with van der Waals surface area (Å²) in [5, 5.41) is 7.24. The van der Waals surface area contributed by atoms with Crippen LogP contribution in [-0.4, -0.2) is 53.0 Å². The normalized spacial score (nSPS) is 17.1. The van der Waals surface area contributed by atoms with Gasteiger partial charge >= 0.3 is 0 Å². The minimum absolute atomic E-state index is 0.0274. The molecule has 3 N–H and O–H groups in total. The number of amides is 1. The van der Waals surface area contributed by atoms with Gasteiger partial charge in [-0.15, -0.1) is 0 Å². The summed E-state index contributed by atoms with van der Waals surface area (Å²) in [6.07, 6.45) is 4.03. The van der Waals surface area contributed by atoms with E-state index in [0.29, 0.717) is 31.1 Å². The lowest BCUT2D eigenvalue weighted by atomic mass is 10.2. The van der Waals surface area contributed by atoms with Gasteiger partial charge in [0.15, 0.2) is 0 Å². The summed E-state index contributed by atoms with van der Waals surface area (Å²) >= 11 is 0. The first-order valence-electron chi connectivity index (χ1n) is 8.42. The van der Waals surface area contributed by atoms with Gasteiger partial charge < -0.3 is 20.7 Å². The molecule has 0 spiro atoms. The fraction of sp³-hybridized carbons (Fsp3) is 0.412. The summed E-state index contributed by atoms with van der Waals surface area (Å²) < 4.78 is 7.11. The minimum atomic E-state index is -0.482. The second kappa shape index (κ2) is 7.96. The third-order valence-electron chi connectivity index (χ3n) is 4.27. The lowest BCUT2D eigenvalue weighted by Gasteiger charge is -2.34. The average molecular weight is 358 g/mol. The third kappa shape index (κ3) is 4.37. The van der Waals surface area contributed by atoms with Crippen LogP contribution < -0.4 is 21.5 Å². The molecule has 0 bridgehead atoms. The highest BCUT2D eigenvalue weighted by Crippen LogP contribution is 2.16. The number of nitrogens with one attached hydrogen (secondary N) is 1. The van der Waals surface area contributed by atoms with E-state index in [1.165, 1.54) is 4.68 Å². The Hall–Kier alpha value is -2.94. The van der Waals surface area contributed by atoms with Crippen molar-refractivity contribution in [3.8, 4) is 0 Å². The molecule has 1 amide bonds. The number of aryl methyl sites for hydroxylation is 1. The number of hydrogen-bond donors (Lipinski definition) is 2. The van der Waals surface area contributed by atoms with Gasteiger partial charge in [-0.05, 0) is 18.6 Å². The number of nitrogens with zero attached hydrogens (tertiary/aromatic N) is 4. The Bertz CT molecular complexity index is 837. The molecule has 1 fully saturated rings. The Morgan fingerprint density at radius 3 is 3.08 bits per heavy atom. The monoisotopic (exact) mass is 358 g/mol. The number of hydrogen-bond acceptors (Lipinski definition) is 7. The highest BCUT2D eigenvalue weighted by Gasteiger charge is 2.21. The Kier molecular flexibility index (Phi) is 5.47. The number of aromatic nitrogens is 3. The van der Waals surface area contributed by atoms with Crippen LogP contribution in [-0.2, 0) is 11.8 Å². The van der Waals surface area contributed by atoms with Crippen LogP contribution in [0.4, 0.5) is 11.5 Å². The van der Waals surface area contributed by atoms with E-state index in [0.717, 1.165) is 18.7 Å². The second-order valence-electron chi connectivity index (χ2n) is 6.12. The van der Waals surface area contributed by atoms with E-state index < -0.39 is 5.91 Å². The van der Waals surface area contributed by atoms with Crippen molar-refractivity contribution in [3.05, 3.63) is 46.5 Å². The lowest BCUT2D eigenvalue weighted by molar-refractivity contribution is 0.0374. The van der Waals surface area contributed by atoms with Gasteiger partial charge in [0, 0.05) is 44.5 Å². The van der Waals surface area contributed by atoms with Gasteiger partial charge in [0.1, 0.15) is 5.82 Å². The zero-order valence-electron chi connectivity index (χ0n) is 14.6. The Balaban J connectivity index is 1.54. The van der Waals surface area contributed by atoms with E-state index in [-0.39, 0.29) is 11.7 Å². The summed E-state index contributed by atoms with van der Waals surface area (Å²) in [4.78, 5) is 29.2. The largest absolute Gasteiger partial charge is 0.374 e. The zero-order chi connectivity index (χ0) is 18.5. The Morgan fingerprint density at radius 1 is 1.46 bits per heavy atom. The highest BCUT2D eigenvalue weighted by molar-refractivity contribution is 5.93. The van der Waals surface area contributed by atoms with Crippen molar-refractivity contribution in [2.75, 3.05) is 36.5 Å². The fourth-order valence-corrected chi connectivity index (χ4v) is 2.80. The van der Waals surface area contributed by atoms with Crippen LogP contribution in [0.5, 0.6) is 0 Å². The van der Waals surface area contributed by atoms with E-state index in [1.54, 1.807) is 37.6 Å². The lowest BCUT2D eigenvalue weighted by Crippen LogP contribution is -2.43. The third-order valence-corrected chi connectivity index (χ3v) is 4.27. The molecule has 138 valence electrons. The van der Waals surface area contributed by atoms with Crippen LogP contribution in [0.3, 0.4) is 0 Å². The van der Waals surface area contributed by atoms with Crippen molar-refractivity contribution in [1.29, 1.82) is 0 Å². The van der Waals surface area contributed by atoms with Gasteiger partial charge in [0.2, 0.25) is 5.91 Å². The molecule has 1 aliphatic rings. The average Bonchev–Trinajstić information content (AvgIpc) is 2.64. The fourth-order valence-electron chi connectivity index (χ4n) is 2.80. The van der Waals surface area contributed by atoms with Crippen LogP contribution >= 0.6 is 0 Å². The SMILES string of the molecule is Cn1ncc(N2CCO[C@@H](CCNc3cc(C(N)=O)ccn3)C2)cc1=O. The maximum Gasteiger partial charge on any atom is 0.268 e. The molecular weight excluding hydrogens is 336 g/mol. The topological polar surface area (TPSA) is 115 Å². The van der Waals surface area contributed by atoms with Gasteiger partial charge in [-0.2, -0.15) is 5.10 Å². The molecule has 0 unspecified atom stereocenters. The summed E-state index contributed by atoms with van der Waals surface area (Å²) in [7, 11) is 1.63. The molecule has 3 heterocycles. The zero-order valence-corrected chi connectivity index (χ0v) is 14.6. The molecule has 9 heteroatoms. The van der Waals surface area contributed by atoms with Crippen LogP contribution in [0.25, 0.3) is 0 Å². The smallest absolute Gasteiger partial charge is 0.268 e. The number of carbonyl (C=O) groups is 1. The summed E-state index contributed by atoms with van der Waals surface area (Å²) in [5.41, 5.74) is 6.37. The van der Waals surface area contributed by atoms with Crippen molar-refractivity contribution in [2.24, 2.45) is 12.8 Å². The first kappa shape index (κ1) is 17.9. The predicted molar refractivity (Wildman–Crippen MR) is 97.3 cm³/mol. The Labute approximate surface area is 150 Å². The number of rotatable bonds is 6. The maximum atomic E-state index is 11.8. The van der Waals surface area contributed by atoms with Gasteiger partial charge in [-0.1, -0.05) is 0 Å². The van der Waals surface area contributed by atoms with E-state index in [4.69, 9.17) is 10.5 Å². The highest BCUT2D eigenvalue weighted by atomic mass is 16.5. The molecular formula is C17H22N6O3. The number of ether oxygens (including phenoxy) is 1. The molecule has 0 aromatic carbocycles. The van der Waals surface area contributed by atoms with Crippen LogP contribution in [0.15, 0.2) is 35.4 Å². The van der Waals surface area contributed by atoms with E-state index in [2.05, 4.69) is 20.3 Å². The van der Waals surface area contributed by atoms with Crippen molar-refractivity contribution in [2.45, 2.75) is 12.5 Å². The van der Waals surface area contributed by atoms with Crippen molar-refractivity contribution < 1.29 is 9.53 Å². The number of nitrogens with two attached hydrogens (primary N) is 1. The van der Waals surface area contributed by atoms with Gasteiger partial charge in [-0.3, -0.25) is 9.59 Å². The van der Waals surface area contributed by atoms with Crippen LogP contribution in [0.1, 0.15) is 16.8 Å². The van der Waals surface area contributed by atoms with Crippen LogP contribution in [0, 0.1) is 0 Å². The molecule has 2 aromatic rings. The number of primary amides is 1. The molecule has 9 nitrogen and oxygen atoms in total. The number of pyridine rings is 1. The first-order chi connectivity index (χ1) is 12.5. The standard InChI is InChI=1S/C17H22N6O3/c1-22-16(24)9-13(10-21-22)23-6-7-26-14(11-23)3-5-20-15-8-12(17(18)25)2-4-19-15/h2,4,8-10,14H,3,5-7,11H2,1H3,(H2,18,25)(H,19,20)/t14-/m0/s1. The van der Waals surface area contributed by atoms with Crippen molar-refractivity contribution >= 4 is 17.4 Å². The van der Waals surface area contributed by atoms with E-state index in [1.807, 2.05) is 0 Å². The van der Waals surface area contributed by atoms with Gasteiger partial charge in [0.05, 0.1) is 24.6 Å². The van der Waals surface area contributed by atoms with Crippen molar-refractivity contribution in [1.82, 2.24) is 14.8 Å². The summed E-state index contributed by atoms with van der Waals surface area (Å²) in [6.45, 7) is 2.64. The quantitative estimate of drug-likeness (QED) is 0.746. The summed E-state index contributed by atoms with van der Waals surface area (Å²) in [6, 6.07) is 4.79. The number of morpholine rings is 1. The van der Waals surface area contributed by atoms with Crippen LogP contribution in [0.2, 0.25) is 0 Å². The van der Waals surface area contributed by atoms with E-state index in [9.17, 15) is 9.59 Å². The molecule has 0 aliphatic carbocycles. The van der Waals surface area contributed by atoms with Gasteiger partial charge in [0.25, 0.3) is 5.56 Å². The maximum absolute atomic E-state index is 11.8. The number of anilines is 2.